The predicted molar refractivity (Wildman–Crippen MR) is 70.9 cm³/mol. The van der Waals surface area contributed by atoms with Crippen LogP contribution in [0.4, 0.5) is 0 Å². The SMILES string of the molecule is CNC(Cc1ccccc1)c1ccncc1C. The van der Waals surface area contributed by atoms with E-state index in [0.29, 0.717) is 6.04 Å². The molecule has 0 bridgehead atoms. The van der Waals surface area contributed by atoms with Crippen LogP contribution in [0.2, 0.25) is 0 Å². The van der Waals surface area contributed by atoms with Crippen molar-refractivity contribution in [2.45, 2.75) is 19.4 Å². The fourth-order valence-corrected chi connectivity index (χ4v) is 2.09. The molecule has 0 aliphatic carbocycles. The van der Waals surface area contributed by atoms with Crippen molar-refractivity contribution < 1.29 is 0 Å². The third-order valence-corrected chi connectivity index (χ3v) is 3.07. The van der Waals surface area contributed by atoms with E-state index in [0.717, 1.165) is 6.42 Å². The van der Waals surface area contributed by atoms with Gasteiger partial charge in [-0.05, 0) is 43.1 Å². The number of aryl methyl sites for hydroxylation is 1. The van der Waals surface area contributed by atoms with Crippen LogP contribution in [0.25, 0.3) is 0 Å². The van der Waals surface area contributed by atoms with Gasteiger partial charge >= 0.3 is 0 Å². The van der Waals surface area contributed by atoms with Crippen LogP contribution in [-0.2, 0) is 6.42 Å². The molecular formula is C15H18N2. The van der Waals surface area contributed by atoms with Crippen LogP contribution in [0.15, 0.2) is 48.8 Å². The molecule has 0 aliphatic heterocycles. The van der Waals surface area contributed by atoms with Gasteiger partial charge in [-0.3, -0.25) is 4.98 Å². The Balaban J connectivity index is 2.21. The molecule has 1 heterocycles. The van der Waals surface area contributed by atoms with Crippen LogP contribution in [0.5, 0.6) is 0 Å². The Hall–Kier alpha value is -1.67. The molecule has 1 unspecified atom stereocenters. The summed E-state index contributed by atoms with van der Waals surface area (Å²) in [5, 5.41) is 3.38. The monoisotopic (exact) mass is 226 g/mol. The minimum atomic E-state index is 0.348. The normalized spacial score (nSPS) is 12.4. The second-order valence-corrected chi connectivity index (χ2v) is 4.26. The van der Waals surface area contributed by atoms with E-state index in [1.165, 1.54) is 16.7 Å². The minimum Gasteiger partial charge on any atom is -0.313 e. The van der Waals surface area contributed by atoms with E-state index in [1.807, 2.05) is 19.4 Å². The summed E-state index contributed by atoms with van der Waals surface area (Å²) in [5.74, 6) is 0. The van der Waals surface area contributed by atoms with Crippen LogP contribution in [0, 0.1) is 6.92 Å². The topological polar surface area (TPSA) is 24.9 Å². The molecule has 1 atom stereocenters. The number of benzene rings is 1. The summed E-state index contributed by atoms with van der Waals surface area (Å²) in [6, 6.07) is 13.0. The summed E-state index contributed by atoms with van der Waals surface area (Å²) < 4.78 is 0. The van der Waals surface area contributed by atoms with Gasteiger partial charge in [0.25, 0.3) is 0 Å². The molecule has 0 saturated carbocycles. The predicted octanol–water partition coefficient (Wildman–Crippen LogP) is 2.89. The number of aromatic nitrogens is 1. The summed E-state index contributed by atoms with van der Waals surface area (Å²) in [4.78, 5) is 4.14. The second-order valence-electron chi connectivity index (χ2n) is 4.26. The largest absolute Gasteiger partial charge is 0.313 e. The zero-order valence-corrected chi connectivity index (χ0v) is 10.4. The summed E-state index contributed by atoms with van der Waals surface area (Å²) in [6.07, 6.45) is 4.78. The molecule has 2 heteroatoms. The number of likely N-dealkylation sites (N-methyl/N-ethyl adjacent to an activating group) is 1. The average Bonchev–Trinajstić information content (AvgIpc) is 2.38. The highest BCUT2D eigenvalue weighted by atomic mass is 14.9. The second kappa shape index (κ2) is 5.60. The first-order chi connectivity index (χ1) is 8.31. The van der Waals surface area contributed by atoms with Gasteiger partial charge in [-0.25, -0.2) is 0 Å². The third kappa shape index (κ3) is 2.92. The molecule has 0 aliphatic rings. The molecule has 0 amide bonds. The molecule has 2 rings (SSSR count). The van der Waals surface area contributed by atoms with Gasteiger partial charge in [0.2, 0.25) is 0 Å². The lowest BCUT2D eigenvalue weighted by Gasteiger charge is -2.18. The van der Waals surface area contributed by atoms with E-state index in [9.17, 15) is 0 Å². The third-order valence-electron chi connectivity index (χ3n) is 3.07. The van der Waals surface area contributed by atoms with Gasteiger partial charge in [-0.2, -0.15) is 0 Å². The lowest BCUT2D eigenvalue weighted by atomic mass is 9.97. The minimum absolute atomic E-state index is 0.348. The fourth-order valence-electron chi connectivity index (χ4n) is 2.09. The highest BCUT2D eigenvalue weighted by Gasteiger charge is 2.11. The maximum absolute atomic E-state index is 4.14. The molecule has 2 aromatic rings. The molecular weight excluding hydrogens is 208 g/mol. The van der Waals surface area contributed by atoms with Gasteiger partial charge in [0, 0.05) is 18.4 Å². The molecule has 0 spiro atoms. The van der Waals surface area contributed by atoms with Crippen molar-refractivity contribution in [2.75, 3.05) is 7.05 Å². The molecule has 0 saturated heterocycles. The van der Waals surface area contributed by atoms with E-state index in [1.54, 1.807) is 0 Å². The highest BCUT2D eigenvalue weighted by molar-refractivity contribution is 5.28. The lowest BCUT2D eigenvalue weighted by Crippen LogP contribution is -2.19. The quantitative estimate of drug-likeness (QED) is 0.867. The van der Waals surface area contributed by atoms with Crippen LogP contribution in [-0.4, -0.2) is 12.0 Å². The number of nitrogens with one attached hydrogen (secondary N) is 1. The van der Waals surface area contributed by atoms with Crippen molar-refractivity contribution in [1.82, 2.24) is 10.3 Å². The van der Waals surface area contributed by atoms with Crippen LogP contribution < -0.4 is 5.32 Å². The van der Waals surface area contributed by atoms with E-state index >= 15 is 0 Å². The molecule has 1 aromatic heterocycles. The fraction of sp³-hybridized carbons (Fsp3) is 0.267. The van der Waals surface area contributed by atoms with Gasteiger partial charge in [0.1, 0.15) is 0 Å². The molecule has 88 valence electrons. The van der Waals surface area contributed by atoms with Gasteiger partial charge in [0.05, 0.1) is 0 Å². The van der Waals surface area contributed by atoms with E-state index in [4.69, 9.17) is 0 Å². The Morgan fingerprint density at radius 2 is 1.94 bits per heavy atom. The van der Waals surface area contributed by atoms with Gasteiger partial charge in [0.15, 0.2) is 0 Å². The average molecular weight is 226 g/mol. The Morgan fingerprint density at radius 1 is 1.18 bits per heavy atom. The Labute approximate surface area is 103 Å². The Bertz CT molecular complexity index is 465. The number of rotatable bonds is 4. The van der Waals surface area contributed by atoms with Crippen molar-refractivity contribution in [3.63, 3.8) is 0 Å². The standard InChI is InChI=1S/C15H18N2/c1-12-11-17-9-8-14(12)15(16-2)10-13-6-4-3-5-7-13/h3-9,11,15-16H,10H2,1-2H3. The zero-order valence-electron chi connectivity index (χ0n) is 10.4. The van der Waals surface area contributed by atoms with Crippen molar-refractivity contribution in [1.29, 1.82) is 0 Å². The highest BCUT2D eigenvalue weighted by Crippen LogP contribution is 2.20. The van der Waals surface area contributed by atoms with Crippen molar-refractivity contribution in [3.05, 3.63) is 65.5 Å². The molecule has 0 fully saturated rings. The Kier molecular flexibility index (Phi) is 3.89. The number of hydrogen-bond donors (Lipinski definition) is 1. The van der Waals surface area contributed by atoms with E-state index in [-0.39, 0.29) is 0 Å². The van der Waals surface area contributed by atoms with E-state index in [2.05, 4.69) is 53.6 Å². The van der Waals surface area contributed by atoms with Crippen molar-refractivity contribution >= 4 is 0 Å². The summed E-state index contributed by atoms with van der Waals surface area (Å²) in [7, 11) is 2.01. The number of pyridine rings is 1. The number of hydrogen-bond acceptors (Lipinski definition) is 2. The first-order valence-corrected chi connectivity index (χ1v) is 5.93. The number of nitrogens with zero attached hydrogens (tertiary/aromatic N) is 1. The van der Waals surface area contributed by atoms with Crippen molar-refractivity contribution in [3.8, 4) is 0 Å². The van der Waals surface area contributed by atoms with E-state index < -0.39 is 0 Å². The zero-order chi connectivity index (χ0) is 12.1. The first kappa shape index (κ1) is 11.8. The van der Waals surface area contributed by atoms with Crippen LogP contribution in [0.1, 0.15) is 22.7 Å². The first-order valence-electron chi connectivity index (χ1n) is 5.93. The molecule has 17 heavy (non-hydrogen) atoms. The summed E-state index contributed by atoms with van der Waals surface area (Å²) in [5.41, 5.74) is 3.91. The lowest BCUT2D eigenvalue weighted by molar-refractivity contribution is 0.588. The van der Waals surface area contributed by atoms with Crippen LogP contribution in [0.3, 0.4) is 0 Å². The smallest absolute Gasteiger partial charge is 0.0362 e. The van der Waals surface area contributed by atoms with Gasteiger partial charge in [-0.15, -0.1) is 0 Å². The maximum Gasteiger partial charge on any atom is 0.0362 e. The summed E-state index contributed by atoms with van der Waals surface area (Å²) in [6.45, 7) is 2.11. The Morgan fingerprint density at radius 3 is 2.59 bits per heavy atom. The molecule has 2 nitrogen and oxygen atoms in total. The van der Waals surface area contributed by atoms with Crippen LogP contribution >= 0.6 is 0 Å². The molecule has 0 radical (unpaired) electrons. The summed E-state index contributed by atoms with van der Waals surface area (Å²) >= 11 is 0. The van der Waals surface area contributed by atoms with Crippen molar-refractivity contribution in [2.24, 2.45) is 0 Å². The van der Waals surface area contributed by atoms with Gasteiger partial charge in [-0.1, -0.05) is 30.3 Å². The maximum atomic E-state index is 4.14. The van der Waals surface area contributed by atoms with Gasteiger partial charge < -0.3 is 5.32 Å². The molecule has 1 aromatic carbocycles. The molecule has 1 N–H and O–H groups in total.